The number of rotatable bonds is 4. The van der Waals surface area contributed by atoms with Gasteiger partial charge in [-0.1, -0.05) is 19.4 Å². The Morgan fingerprint density at radius 2 is 2.12 bits per heavy atom. The van der Waals surface area contributed by atoms with Gasteiger partial charge in [0.25, 0.3) is 0 Å². The lowest BCUT2D eigenvalue weighted by Crippen LogP contribution is -2.18. The van der Waals surface area contributed by atoms with Gasteiger partial charge in [0, 0.05) is 23.4 Å². The Labute approximate surface area is 103 Å². The smallest absolute Gasteiger partial charge is 0.0488 e. The molecule has 92 valence electrons. The molecule has 0 unspecified atom stereocenters. The number of nitrogens with zero attached hydrogens (tertiary/aromatic N) is 1. The minimum Gasteiger partial charge on any atom is -0.328 e. The number of aromatic nitrogens is 1. The van der Waals surface area contributed by atoms with Crippen molar-refractivity contribution in [3.8, 4) is 0 Å². The summed E-state index contributed by atoms with van der Waals surface area (Å²) in [5.41, 5.74) is 11.6. The van der Waals surface area contributed by atoms with Gasteiger partial charge in [-0.15, -0.1) is 0 Å². The Morgan fingerprint density at radius 1 is 1.35 bits per heavy atom. The molecule has 2 nitrogen and oxygen atoms in total. The maximum Gasteiger partial charge on any atom is 0.0488 e. The summed E-state index contributed by atoms with van der Waals surface area (Å²) < 4.78 is 2.33. The van der Waals surface area contributed by atoms with Crippen LogP contribution in [-0.2, 0) is 12.8 Å². The number of pyridine rings is 1. The molecule has 2 heteroatoms. The average molecular weight is 230 g/mol. The summed E-state index contributed by atoms with van der Waals surface area (Å²) in [6, 6.07) is 6.62. The lowest BCUT2D eigenvalue weighted by atomic mass is 10.0. The fraction of sp³-hybridized carbons (Fsp3) is 0.467. The summed E-state index contributed by atoms with van der Waals surface area (Å²) in [6.07, 6.45) is 5.44. The predicted molar refractivity (Wildman–Crippen MR) is 73.5 cm³/mol. The minimum absolute atomic E-state index is 0.217. The van der Waals surface area contributed by atoms with Gasteiger partial charge in [0.1, 0.15) is 0 Å². The molecule has 0 spiro atoms. The largest absolute Gasteiger partial charge is 0.328 e. The number of fused-ring (bicyclic) bond motifs is 1. The highest BCUT2D eigenvalue weighted by atomic mass is 14.9. The van der Waals surface area contributed by atoms with Crippen LogP contribution in [0.25, 0.3) is 5.52 Å². The first-order chi connectivity index (χ1) is 8.15. The SMILES string of the molecule is CCCc1c(C)c(C[C@@H](C)N)c2ccccn12. The first-order valence-corrected chi connectivity index (χ1v) is 6.48. The van der Waals surface area contributed by atoms with Crippen LogP contribution in [0.15, 0.2) is 24.4 Å². The Balaban J connectivity index is 2.61. The average Bonchev–Trinajstić information content (AvgIpc) is 2.55. The Morgan fingerprint density at radius 3 is 2.76 bits per heavy atom. The third-order valence-electron chi connectivity index (χ3n) is 3.36. The zero-order valence-electron chi connectivity index (χ0n) is 11.0. The molecule has 0 bridgehead atoms. The zero-order chi connectivity index (χ0) is 12.4. The van der Waals surface area contributed by atoms with Crippen LogP contribution in [0.2, 0.25) is 0 Å². The second-order valence-corrected chi connectivity index (χ2v) is 4.94. The summed E-state index contributed by atoms with van der Waals surface area (Å²) in [5.74, 6) is 0. The first-order valence-electron chi connectivity index (χ1n) is 6.48. The van der Waals surface area contributed by atoms with Gasteiger partial charge < -0.3 is 10.1 Å². The van der Waals surface area contributed by atoms with Crippen molar-refractivity contribution in [2.75, 3.05) is 0 Å². The summed E-state index contributed by atoms with van der Waals surface area (Å²) in [6.45, 7) is 6.54. The molecule has 0 radical (unpaired) electrons. The highest BCUT2D eigenvalue weighted by molar-refractivity contribution is 5.62. The predicted octanol–water partition coefficient (Wildman–Crippen LogP) is 3.09. The van der Waals surface area contributed by atoms with Crippen molar-refractivity contribution in [3.63, 3.8) is 0 Å². The minimum atomic E-state index is 0.217. The van der Waals surface area contributed by atoms with E-state index in [1.54, 1.807) is 0 Å². The zero-order valence-corrected chi connectivity index (χ0v) is 11.0. The molecule has 0 amide bonds. The highest BCUT2D eigenvalue weighted by Gasteiger charge is 2.14. The Hall–Kier alpha value is -1.28. The van der Waals surface area contributed by atoms with E-state index in [-0.39, 0.29) is 6.04 Å². The van der Waals surface area contributed by atoms with E-state index in [1.165, 1.54) is 28.8 Å². The number of hydrogen-bond donors (Lipinski definition) is 1. The number of hydrogen-bond acceptors (Lipinski definition) is 1. The summed E-state index contributed by atoms with van der Waals surface area (Å²) >= 11 is 0. The molecule has 0 aliphatic rings. The van der Waals surface area contributed by atoms with Crippen LogP contribution in [0.1, 0.15) is 37.1 Å². The monoisotopic (exact) mass is 230 g/mol. The second-order valence-electron chi connectivity index (χ2n) is 4.94. The molecule has 2 aromatic heterocycles. The van der Waals surface area contributed by atoms with E-state index in [0.29, 0.717) is 0 Å². The molecular formula is C15H22N2. The van der Waals surface area contributed by atoms with E-state index in [4.69, 9.17) is 5.73 Å². The van der Waals surface area contributed by atoms with Gasteiger partial charge in [0.15, 0.2) is 0 Å². The van der Waals surface area contributed by atoms with E-state index >= 15 is 0 Å². The van der Waals surface area contributed by atoms with E-state index in [9.17, 15) is 0 Å². The van der Waals surface area contributed by atoms with Gasteiger partial charge in [0.2, 0.25) is 0 Å². The van der Waals surface area contributed by atoms with Crippen molar-refractivity contribution in [3.05, 3.63) is 41.2 Å². The second kappa shape index (κ2) is 4.92. The molecular weight excluding hydrogens is 208 g/mol. The maximum atomic E-state index is 5.96. The van der Waals surface area contributed by atoms with Gasteiger partial charge in [-0.25, -0.2) is 0 Å². The molecule has 2 aromatic rings. The van der Waals surface area contributed by atoms with Crippen molar-refractivity contribution in [2.45, 2.75) is 46.1 Å². The molecule has 0 aromatic carbocycles. The van der Waals surface area contributed by atoms with Crippen molar-refractivity contribution >= 4 is 5.52 Å². The van der Waals surface area contributed by atoms with E-state index in [2.05, 4.69) is 49.6 Å². The summed E-state index contributed by atoms with van der Waals surface area (Å²) in [7, 11) is 0. The molecule has 0 saturated heterocycles. The summed E-state index contributed by atoms with van der Waals surface area (Å²) in [5, 5.41) is 0. The van der Waals surface area contributed by atoms with E-state index in [0.717, 1.165) is 12.8 Å². The number of aryl methyl sites for hydroxylation is 1. The Kier molecular flexibility index (Phi) is 3.53. The van der Waals surface area contributed by atoms with Crippen LogP contribution in [0.4, 0.5) is 0 Å². The fourth-order valence-electron chi connectivity index (χ4n) is 2.60. The van der Waals surface area contributed by atoms with Gasteiger partial charge in [-0.2, -0.15) is 0 Å². The van der Waals surface area contributed by atoms with Crippen LogP contribution >= 0.6 is 0 Å². The van der Waals surface area contributed by atoms with Crippen LogP contribution in [0.3, 0.4) is 0 Å². The van der Waals surface area contributed by atoms with Crippen LogP contribution < -0.4 is 5.73 Å². The molecule has 0 aliphatic carbocycles. The lowest BCUT2D eigenvalue weighted by Gasteiger charge is -2.05. The topological polar surface area (TPSA) is 30.4 Å². The molecule has 2 heterocycles. The third kappa shape index (κ3) is 2.22. The third-order valence-corrected chi connectivity index (χ3v) is 3.36. The standard InChI is InChI=1S/C15H22N2/c1-4-7-14-12(3)13(10-11(2)16)15-8-5-6-9-17(14)15/h5-6,8-9,11H,4,7,10,16H2,1-3H3/t11-/m1/s1. The molecule has 1 atom stereocenters. The van der Waals surface area contributed by atoms with Crippen molar-refractivity contribution in [1.82, 2.24) is 4.40 Å². The summed E-state index contributed by atoms with van der Waals surface area (Å²) in [4.78, 5) is 0. The van der Waals surface area contributed by atoms with Crippen LogP contribution in [0.5, 0.6) is 0 Å². The van der Waals surface area contributed by atoms with Crippen molar-refractivity contribution < 1.29 is 0 Å². The molecule has 2 N–H and O–H groups in total. The highest BCUT2D eigenvalue weighted by Crippen LogP contribution is 2.25. The van der Waals surface area contributed by atoms with E-state index in [1.807, 2.05) is 0 Å². The molecule has 0 saturated carbocycles. The van der Waals surface area contributed by atoms with E-state index < -0.39 is 0 Å². The van der Waals surface area contributed by atoms with Gasteiger partial charge >= 0.3 is 0 Å². The molecule has 0 aliphatic heterocycles. The first kappa shape index (κ1) is 12.2. The van der Waals surface area contributed by atoms with Crippen molar-refractivity contribution in [2.24, 2.45) is 5.73 Å². The maximum absolute atomic E-state index is 5.96. The fourth-order valence-corrected chi connectivity index (χ4v) is 2.60. The molecule has 0 fully saturated rings. The van der Waals surface area contributed by atoms with Crippen LogP contribution in [-0.4, -0.2) is 10.4 Å². The van der Waals surface area contributed by atoms with Crippen LogP contribution in [0, 0.1) is 6.92 Å². The lowest BCUT2D eigenvalue weighted by molar-refractivity contribution is 0.738. The quantitative estimate of drug-likeness (QED) is 0.859. The van der Waals surface area contributed by atoms with Crippen molar-refractivity contribution in [1.29, 1.82) is 0 Å². The van der Waals surface area contributed by atoms with Gasteiger partial charge in [-0.05, 0) is 49.9 Å². The van der Waals surface area contributed by atoms with Gasteiger partial charge in [-0.3, -0.25) is 0 Å². The normalized spacial score (nSPS) is 13.2. The molecule has 2 rings (SSSR count). The van der Waals surface area contributed by atoms with Gasteiger partial charge in [0.05, 0.1) is 0 Å². The Bertz CT molecular complexity index is 509. The number of nitrogens with two attached hydrogens (primary N) is 1. The molecule has 17 heavy (non-hydrogen) atoms.